The van der Waals surface area contributed by atoms with Gasteiger partial charge in [-0.1, -0.05) is 18.6 Å². The Hall–Kier alpha value is -0.666. The van der Waals surface area contributed by atoms with Crippen molar-refractivity contribution >= 4 is 28.9 Å². The standard InChI is InChI=1S/C14H32N2O3Si2/c1-13(17)15-7-5-9-20(3)10-12-21(4,19)11-6-8-16-14(2)18/h19-20H,5-12H2,1-4H3,(H,15,17)(H,16,18). The third kappa shape index (κ3) is 14.0. The van der Waals surface area contributed by atoms with Crippen LogP contribution < -0.4 is 10.6 Å². The van der Waals surface area contributed by atoms with E-state index in [0.717, 1.165) is 31.5 Å². The van der Waals surface area contributed by atoms with Crippen LogP contribution in [0.3, 0.4) is 0 Å². The highest BCUT2D eigenvalue weighted by atomic mass is 28.4. The van der Waals surface area contributed by atoms with E-state index in [0.29, 0.717) is 6.54 Å². The van der Waals surface area contributed by atoms with E-state index in [2.05, 4.69) is 17.2 Å². The lowest BCUT2D eigenvalue weighted by molar-refractivity contribution is -0.119. The maximum absolute atomic E-state index is 10.8. The van der Waals surface area contributed by atoms with E-state index in [1.165, 1.54) is 19.0 Å². The lowest BCUT2D eigenvalue weighted by Crippen LogP contribution is -2.33. The van der Waals surface area contributed by atoms with Crippen molar-refractivity contribution in [2.75, 3.05) is 13.1 Å². The number of nitrogens with one attached hydrogen (secondary N) is 2. The van der Waals surface area contributed by atoms with Gasteiger partial charge in [0.15, 0.2) is 8.32 Å². The zero-order valence-corrected chi connectivity index (χ0v) is 16.2. The Kier molecular flexibility index (Phi) is 10.6. The van der Waals surface area contributed by atoms with Crippen molar-refractivity contribution in [1.29, 1.82) is 0 Å². The molecular weight excluding hydrogens is 300 g/mol. The number of hydrogen-bond acceptors (Lipinski definition) is 3. The second kappa shape index (κ2) is 11.0. The van der Waals surface area contributed by atoms with Crippen LogP contribution >= 0.6 is 0 Å². The molecule has 2 unspecified atom stereocenters. The third-order valence-corrected chi connectivity index (χ3v) is 9.73. The lowest BCUT2D eigenvalue weighted by Gasteiger charge is -2.22. The van der Waals surface area contributed by atoms with Gasteiger partial charge in [0.2, 0.25) is 11.8 Å². The summed E-state index contributed by atoms with van der Waals surface area (Å²) in [5.41, 5.74) is 0. The summed E-state index contributed by atoms with van der Waals surface area (Å²) >= 11 is 0. The van der Waals surface area contributed by atoms with Crippen molar-refractivity contribution in [3.8, 4) is 0 Å². The SMILES string of the molecule is CC(=O)NCCC[SiH](C)CC[Si](C)(O)CCCNC(C)=O. The lowest BCUT2D eigenvalue weighted by atomic mass is 10.5. The van der Waals surface area contributed by atoms with Gasteiger partial charge in [0, 0.05) is 35.7 Å². The fourth-order valence-electron chi connectivity index (χ4n) is 2.28. The second-order valence-corrected chi connectivity index (χ2v) is 13.7. The van der Waals surface area contributed by atoms with E-state index < -0.39 is 17.1 Å². The molecule has 0 bridgehead atoms. The monoisotopic (exact) mass is 332 g/mol. The first-order chi connectivity index (χ1) is 9.73. The van der Waals surface area contributed by atoms with Crippen molar-refractivity contribution in [2.45, 2.75) is 64.0 Å². The normalized spacial score (nSPS) is 15.1. The molecule has 0 saturated carbocycles. The number of hydrogen-bond donors (Lipinski definition) is 3. The molecule has 0 aromatic heterocycles. The molecule has 0 saturated heterocycles. The average Bonchev–Trinajstić information content (AvgIpc) is 2.37. The van der Waals surface area contributed by atoms with Gasteiger partial charge in [0.25, 0.3) is 0 Å². The summed E-state index contributed by atoms with van der Waals surface area (Å²) in [5.74, 6) is 0.0374. The average molecular weight is 333 g/mol. The first-order valence-electron chi connectivity index (χ1n) is 7.94. The van der Waals surface area contributed by atoms with Gasteiger partial charge in [0.05, 0.1) is 0 Å². The van der Waals surface area contributed by atoms with Crippen molar-refractivity contribution in [1.82, 2.24) is 10.6 Å². The predicted octanol–water partition coefficient (Wildman–Crippen LogP) is 1.46. The number of carbonyl (C=O) groups excluding carboxylic acids is 2. The van der Waals surface area contributed by atoms with E-state index in [1.54, 1.807) is 6.92 Å². The van der Waals surface area contributed by atoms with Gasteiger partial charge in [0.1, 0.15) is 0 Å². The molecule has 0 heterocycles. The number of rotatable bonds is 11. The van der Waals surface area contributed by atoms with Crippen molar-refractivity contribution in [3.05, 3.63) is 0 Å². The predicted molar refractivity (Wildman–Crippen MR) is 92.7 cm³/mol. The topological polar surface area (TPSA) is 78.4 Å². The fourth-order valence-corrected chi connectivity index (χ4v) is 9.11. The summed E-state index contributed by atoms with van der Waals surface area (Å²) in [6.07, 6.45) is 1.93. The van der Waals surface area contributed by atoms with E-state index in [4.69, 9.17) is 0 Å². The number of carbonyl (C=O) groups is 2. The van der Waals surface area contributed by atoms with Gasteiger partial charge in [-0.05, 0) is 31.5 Å². The van der Waals surface area contributed by atoms with Crippen molar-refractivity contribution < 1.29 is 14.4 Å². The molecule has 21 heavy (non-hydrogen) atoms. The molecule has 2 atom stereocenters. The highest BCUT2D eigenvalue weighted by Crippen LogP contribution is 2.19. The van der Waals surface area contributed by atoms with Gasteiger partial charge in [-0.15, -0.1) is 0 Å². The molecule has 0 rings (SSSR count). The Balaban J connectivity index is 3.70. The summed E-state index contributed by atoms with van der Waals surface area (Å²) in [7, 11) is -2.86. The molecule has 0 aromatic carbocycles. The first-order valence-corrected chi connectivity index (χ1v) is 13.6. The minimum absolute atomic E-state index is 0.00323. The van der Waals surface area contributed by atoms with Crippen LogP contribution in [-0.4, -0.2) is 46.8 Å². The fraction of sp³-hybridized carbons (Fsp3) is 0.857. The molecule has 7 heteroatoms. The van der Waals surface area contributed by atoms with Crippen LogP contribution in [0.4, 0.5) is 0 Å². The van der Waals surface area contributed by atoms with E-state index >= 15 is 0 Å². The van der Waals surface area contributed by atoms with E-state index in [-0.39, 0.29) is 11.8 Å². The molecule has 0 fully saturated rings. The van der Waals surface area contributed by atoms with Gasteiger partial charge in [-0.25, -0.2) is 0 Å². The summed E-state index contributed by atoms with van der Waals surface area (Å²) in [6.45, 7) is 8.88. The molecular formula is C14H32N2O3Si2. The molecule has 0 aliphatic carbocycles. The van der Waals surface area contributed by atoms with E-state index in [9.17, 15) is 14.4 Å². The summed E-state index contributed by atoms with van der Waals surface area (Å²) in [5, 5.41) is 5.60. The summed E-state index contributed by atoms with van der Waals surface area (Å²) in [4.78, 5) is 32.0. The zero-order chi connectivity index (χ0) is 16.3. The van der Waals surface area contributed by atoms with E-state index in [1.807, 2.05) is 6.55 Å². The maximum Gasteiger partial charge on any atom is 0.216 e. The second-order valence-electron chi connectivity index (χ2n) is 6.35. The largest absolute Gasteiger partial charge is 0.432 e. The minimum atomic E-state index is -2.09. The zero-order valence-electron chi connectivity index (χ0n) is 14.0. The molecule has 0 aliphatic heterocycles. The maximum atomic E-state index is 10.8. The highest BCUT2D eigenvalue weighted by Gasteiger charge is 2.24. The molecule has 0 aliphatic rings. The molecule has 3 N–H and O–H groups in total. The molecule has 0 aromatic rings. The Labute approximate surface area is 131 Å². The van der Waals surface area contributed by atoms with Crippen LogP contribution in [0.1, 0.15) is 26.7 Å². The van der Waals surface area contributed by atoms with Gasteiger partial charge in [-0.2, -0.15) is 0 Å². The van der Waals surface area contributed by atoms with Crippen LogP contribution in [0.5, 0.6) is 0 Å². The minimum Gasteiger partial charge on any atom is -0.432 e. The molecule has 0 spiro atoms. The van der Waals surface area contributed by atoms with Gasteiger partial charge >= 0.3 is 0 Å². The molecule has 0 radical (unpaired) electrons. The van der Waals surface area contributed by atoms with Crippen LogP contribution in [0.15, 0.2) is 0 Å². The quantitative estimate of drug-likeness (QED) is 0.396. The first kappa shape index (κ1) is 20.3. The molecule has 5 nitrogen and oxygen atoms in total. The van der Waals surface area contributed by atoms with Crippen LogP contribution in [-0.2, 0) is 9.59 Å². The van der Waals surface area contributed by atoms with Crippen molar-refractivity contribution in [2.24, 2.45) is 0 Å². The smallest absolute Gasteiger partial charge is 0.216 e. The van der Waals surface area contributed by atoms with Crippen LogP contribution in [0.2, 0.25) is 37.3 Å². The highest BCUT2D eigenvalue weighted by molar-refractivity contribution is 6.73. The Morgan fingerprint density at radius 1 is 1.00 bits per heavy atom. The Morgan fingerprint density at radius 3 is 2.05 bits per heavy atom. The summed E-state index contributed by atoms with van der Waals surface area (Å²) in [6, 6.07) is 4.23. The van der Waals surface area contributed by atoms with Crippen LogP contribution in [0.25, 0.3) is 0 Å². The van der Waals surface area contributed by atoms with Gasteiger partial charge in [-0.3, -0.25) is 9.59 Å². The molecule has 124 valence electrons. The van der Waals surface area contributed by atoms with Crippen LogP contribution in [0, 0.1) is 0 Å². The third-order valence-electron chi connectivity index (χ3n) is 3.69. The molecule has 2 amide bonds. The number of amides is 2. The van der Waals surface area contributed by atoms with Crippen molar-refractivity contribution in [3.63, 3.8) is 0 Å². The Morgan fingerprint density at radius 2 is 1.52 bits per heavy atom. The Bertz CT molecular complexity index is 325. The van der Waals surface area contributed by atoms with Gasteiger partial charge < -0.3 is 15.4 Å². The summed E-state index contributed by atoms with van der Waals surface area (Å²) < 4.78 is 0.